The Labute approximate surface area is 141 Å². The van der Waals surface area contributed by atoms with Crippen LogP contribution in [0.3, 0.4) is 0 Å². The third-order valence-corrected chi connectivity index (χ3v) is 10.6. The Morgan fingerprint density at radius 1 is 1.13 bits per heavy atom. The Kier molecular flexibility index (Phi) is 6.85. The van der Waals surface area contributed by atoms with E-state index in [4.69, 9.17) is 10.8 Å². The molecule has 1 unspecified atom stereocenters. The molecule has 1 N–H and O–H groups in total. The van der Waals surface area contributed by atoms with Crippen LogP contribution in [0.25, 0.3) is 0 Å². The SMILES string of the molecule is C#CC(O)Cc1ccc(O[Si](C(C)C)(C(C)C)C(C)C)c(F)c1. The fourth-order valence-corrected chi connectivity index (χ4v) is 8.83. The normalized spacial score (nSPS) is 13.5. The van der Waals surface area contributed by atoms with Gasteiger partial charge in [-0.1, -0.05) is 53.5 Å². The first-order chi connectivity index (χ1) is 10.6. The summed E-state index contributed by atoms with van der Waals surface area (Å²) in [4.78, 5) is 0. The molecule has 2 nitrogen and oxygen atoms in total. The van der Waals surface area contributed by atoms with Crippen molar-refractivity contribution in [3.05, 3.63) is 29.6 Å². The number of rotatable bonds is 7. The molecule has 0 aliphatic heterocycles. The molecule has 0 saturated carbocycles. The van der Waals surface area contributed by atoms with E-state index in [-0.39, 0.29) is 12.2 Å². The number of halogens is 1. The van der Waals surface area contributed by atoms with Gasteiger partial charge in [-0.25, -0.2) is 4.39 Å². The molecule has 0 aliphatic rings. The molecule has 0 radical (unpaired) electrons. The molecule has 0 bridgehead atoms. The van der Waals surface area contributed by atoms with Gasteiger partial charge in [-0.3, -0.25) is 0 Å². The zero-order valence-electron chi connectivity index (χ0n) is 15.1. The first kappa shape index (κ1) is 19.7. The van der Waals surface area contributed by atoms with Crippen molar-refractivity contribution in [3.63, 3.8) is 0 Å². The van der Waals surface area contributed by atoms with E-state index in [0.29, 0.717) is 27.9 Å². The minimum atomic E-state index is -2.18. The predicted molar refractivity (Wildman–Crippen MR) is 96.6 cm³/mol. The number of benzene rings is 1. The van der Waals surface area contributed by atoms with Gasteiger partial charge in [0.2, 0.25) is 0 Å². The van der Waals surface area contributed by atoms with Crippen molar-refractivity contribution < 1.29 is 13.9 Å². The third kappa shape index (κ3) is 4.36. The van der Waals surface area contributed by atoms with E-state index in [2.05, 4.69) is 47.5 Å². The van der Waals surface area contributed by atoms with Crippen molar-refractivity contribution in [2.75, 3.05) is 0 Å². The van der Waals surface area contributed by atoms with Crippen LogP contribution in [0.4, 0.5) is 4.39 Å². The fourth-order valence-electron chi connectivity index (χ4n) is 3.58. The van der Waals surface area contributed by atoms with Crippen LogP contribution in [0.1, 0.15) is 47.1 Å². The van der Waals surface area contributed by atoms with Crippen molar-refractivity contribution >= 4 is 8.32 Å². The molecule has 1 aromatic rings. The molecule has 0 spiro atoms. The summed E-state index contributed by atoms with van der Waals surface area (Å²) in [6.07, 6.45) is 4.51. The van der Waals surface area contributed by atoms with Gasteiger partial charge < -0.3 is 9.53 Å². The largest absolute Gasteiger partial charge is 0.541 e. The summed E-state index contributed by atoms with van der Waals surface area (Å²) in [6, 6.07) is 4.86. The molecule has 0 amide bonds. The molecular weight excluding hydrogens is 307 g/mol. The smallest absolute Gasteiger partial charge is 0.258 e. The lowest BCUT2D eigenvalue weighted by atomic mass is 10.1. The molecule has 0 aromatic heterocycles. The topological polar surface area (TPSA) is 29.5 Å². The summed E-state index contributed by atoms with van der Waals surface area (Å²) in [5.41, 5.74) is 1.81. The molecule has 0 saturated heterocycles. The first-order valence-electron chi connectivity index (χ1n) is 8.26. The zero-order valence-corrected chi connectivity index (χ0v) is 16.1. The Balaban J connectivity index is 3.14. The van der Waals surface area contributed by atoms with E-state index in [0.717, 1.165) is 0 Å². The van der Waals surface area contributed by atoms with Crippen molar-refractivity contribution in [2.45, 2.75) is 70.7 Å². The minimum Gasteiger partial charge on any atom is -0.541 e. The summed E-state index contributed by atoms with van der Waals surface area (Å²) < 4.78 is 20.9. The lowest BCUT2D eigenvalue weighted by molar-refractivity contribution is 0.233. The molecule has 128 valence electrons. The van der Waals surface area contributed by atoms with Gasteiger partial charge in [-0.05, 0) is 34.3 Å². The lowest BCUT2D eigenvalue weighted by Crippen LogP contribution is -2.50. The van der Waals surface area contributed by atoms with Crippen LogP contribution < -0.4 is 4.43 Å². The van der Waals surface area contributed by atoms with Gasteiger partial charge in [0.25, 0.3) is 8.32 Å². The zero-order chi connectivity index (χ0) is 17.8. The maximum Gasteiger partial charge on any atom is 0.258 e. The van der Waals surface area contributed by atoms with Crippen molar-refractivity contribution in [2.24, 2.45) is 0 Å². The molecule has 0 fully saturated rings. The summed E-state index contributed by atoms with van der Waals surface area (Å²) in [5.74, 6) is 2.17. The number of aliphatic hydroxyl groups is 1. The molecule has 1 atom stereocenters. The molecule has 0 heterocycles. The maximum atomic E-state index is 14.5. The average molecular weight is 337 g/mol. The van der Waals surface area contributed by atoms with Crippen LogP contribution in [-0.4, -0.2) is 19.5 Å². The highest BCUT2D eigenvalue weighted by molar-refractivity contribution is 6.78. The average Bonchev–Trinajstić information content (AvgIpc) is 2.45. The van der Waals surface area contributed by atoms with Crippen LogP contribution in [0.2, 0.25) is 16.6 Å². The van der Waals surface area contributed by atoms with E-state index < -0.39 is 14.4 Å². The highest BCUT2D eigenvalue weighted by Gasteiger charge is 2.47. The first-order valence-corrected chi connectivity index (χ1v) is 10.4. The van der Waals surface area contributed by atoms with Crippen LogP contribution in [0.5, 0.6) is 5.75 Å². The highest BCUT2D eigenvalue weighted by atomic mass is 28.4. The molecule has 1 aromatic carbocycles. The van der Waals surface area contributed by atoms with Gasteiger partial charge >= 0.3 is 0 Å². The Bertz CT molecular complexity index is 539. The summed E-state index contributed by atoms with van der Waals surface area (Å²) in [6.45, 7) is 13.0. The Hall–Kier alpha value is -1.31. The summed E-state index contributed by atoms with van der Waals surface area (Å²) in [5, 5.41) is 9.49. The number of aliphatic hydroxyl groups excluding tert-OH is 1. The van der Waals surface area contributed by atoms with E-state index in [9.17, 15) is 9.50 Å². The van der Waals surface area contributed by atoms with Crippen LogP contribution in [-0.2, 0) is 6.42 Å². The van der Waals surface area contributed by atoms with E-state index in [1.807, 2.05) is 0 Å². The lowest BCUT2D eigenvalue weighted by Gasteiger charge is -2.42. The molecule has 1 rings (SSSR count). The van der Waals surface area contributed by atoms with Crippen LogP contribution in [0, 0.1) is 18.2 Å². The molecule has 23 heavy (non-hydrogen) atoms. The third-order valence-electron chi connectivity index (χ3n) is 4.61. The molecular formula is C19H29FO2Si. The van der Waals surface area contributed by atoms with E-state index in [1.165, 1.54) is 6.07 Å². The number of terminal acetylenes is 1. The highest BCUT2D eigenvalue weighted by Crippen LogP contribution is 2.43. The second-order valence-electron chi connectivity index (χ2n) is 7.07. The van der Waals surface area contributed by atoms with Crippen LogP contribution in [0.15, 0.2) is 18.2 Å². The van der Waals surface area contributed by atoms with Gasteiger partial charge in [0.1, 0.15) is 11.9 Å². The quantitative estimate of drug-likeness (QED) is 0.566. The minimum absolute atomic E-state index is 0.245. The Morgan fingerprint density at radius 2 is 1.65 bits per heavy atom. The van der Waals surface area contributed by atoms with Gasteiger partial charge in [0, 0.05) is 6.42 Å². The van der Waals surface area contributed by atoms with E-state index >= 15 is 0 Å². The summed E-state index contributed by atoms with van der Waals surface area (Å²) in [7, 11) is -2.18. The number of hydrogen-bond donors (Lipinski definition) is 1. The second kappa shape index (κ2) is 7.99. The van der Waals surface area contributed by atoms with Gasteiger partial charge in [0.05, 0.1) is 0 Å². The Morgan fingerprint density at radius 3 is 2.04 bits per heavy atom. The van der Waals surface area contributed by atoms with Crippen molar-refractivity contribution in [1.29, 1.82) is 0 Å². The fraction of sp³-hybridized carbons (Fsp3) is 0.579. The van der Waals surface area contributed by atoms with Gasteiger partial charge in [-0.2, -0.15) is 0 Å². The van der Waals surface area contributed by atoms with Crippen molar-refractivity contribution in [3.8, 4) is 18.1 Å². The van der Waals surface area contributed by atoms with E-state index in [1.54, 1.807) is 12.1 Å². The van der Waals surface area contributed by atoms with Gasteiger partial charge in [-0.15, -0.1) is 6.42 Å². The molecule has 4 heteroatoms. The predicted octanol–water partition coefficient (Wildman–Crippen LogP) is 4.92. The van der Waals surface area contributed by atoms with Gasteiger partial charge in [0.15, 0.2) is 5.82 Å². The molecule has 0 aliphatic carbocycles. The maximum absolute atomic E-state index is 14.5. The van der Waals surface area contributed by atoms with Crippen LogP contribution >= 0.6 is 0 Å². The second-order valence-corrected chi connectivity index (χ2v) is 12.4. The standard InChI is InChI=1S/C19H29FO2Si/c1-8-17(21)11-16-9-10-19(18(20)12-16)22-23(13(2)3,14(4)5)15(6)7/h1,9-10,12-15,17,21H,11H2,2-7H3. The number of hydrogen-bond acceptors (Lipinski definition) is 2. The van der Waals surface area contributed by atoms with Crippen molar-refractivity contribution in [1.82, 2.24) is 0 Å². The summed E-state index contributed by atoms with van der Waals surface area (Å²) >= 11 is 0. The monoisotopic (exact) mass is 336 g/mol.